The Bertz CT molecular complexity index is 960. The molecule has 29 heavy (non-hydrogen) atoms. The van der Waals surface area contributed by atoms with Crippen molar-refractivity contribution < 1.29 is 9.53 Å². The number of nitriles is 1. The molecule has 0 saturated carbocycles. The van der Waals surface area contributed by atoms with Gasteiger partial charge < -0.3 is 19.9 Å². The minimum Gasteiger partial charge on any atom is -0.495 e. The molecule has 1 heterocycles. The van der Waals surface area contributed by atoms with Crippen LogP contribution in [0, 0.1) is 21.8 Å². The van der Waals surface area contributed by atoms with Gasteiger partial charge in [0.25, 0.3) is 5.91 Å². The van der Waals surface area contributed by atoms with Crippen LogP contribution in [0.2, 0.25) is 0 Å². The monoisotopic (exact) mass is 502 g/mol. The molecule has 0 unspecified atom stereocenters. The van der Waals surface area contributed by atoms with Crippen LogP contribution in [0.1, 0.15) is 5.56 Å². The topological polar surface area (TPSA) is 68.6 Å². The van der Waals surface area contributed by atoms with E-state index in [1.807, 2.05) is 60.4 Å². The first-order valence-electron chi connectivity index (χ1n) is 9.33. The Balaban J connectivity index is 1.65. The number of piperazine rings is 1. The summed E-state index contributed by atoms with van der Waals surface area (Å²) in [5.74, 6) is 0.463. The number of benzene rings is 2. The molecule has 0 radical (unpaired) electrons. The van der Waals surface area contributed by atoms with Gasteiger partial charge in [0.05, 0.1) is 12.8 Å². The van der Waals surface area contributed by atoms with Gasteiger partial charge in [0.2, 0.25) is 0 Å². The quantitative estimate of drug-likeness (QED) is 0.383. The first kappa shape index (κ1) is 21.0. The predicted molar refractivity (Wildman–Crippen MR) is 123 cm³/mol. The van der Waals surface area contributed by atoms with Crippen molar-refractivity contribution in [1.82, 2.24) is 4.90 Å². The summed E-state index contributed by atoms with van der Waals surface area (Å²) in [7, 11) is 1.67. The number of methoxy groups -OCH3 is 1. The first-order valence-corrected chi connectivity index (χ1v) is 10.4. The molecular weight excluding hydrogens is 479 g/mol. The van der Waals surface area contributed by atoms with Gasteiger partial charge in [0.15, 0.2) is 0 Å². The normalized spacial score (nSPS) is 14.3. The zero-order valence-electron chi connectivity index (χ0n) is 16.5. The number of nitrogens with zero attached hydrogens (tertiary/aromatic N) is 3. The SMILES string of the molecule is COc1ccccc1N1CCN(/C=C(/C#N)C(=O)Nc2ccc(I)cc2C)CC1. The Morgan fingerprint density at radius 1 is 1.21 bits per heavy atom. The highest BCUT2D eigenvalue weighted by Gasteiger charge is 2.20. The summed E-state index contributed by atoms with van der Waals surface area (Å²) in [5, 5.41) is 12.3. The number of aryl methyl sites for hydroxylation is 1. The minimum atomic E-state index is -0.385. The largest absolute Gasteiger partial charge is 0.495 e. The van der Waals surface area contributed by atoms with Crippen molar-refractivity contribution in [1.29, 1.82) is 5.26 Å². The Morgan fingerprint density at radius 3 is 2.59 bits per heavy atom. The summed E-state index contributed by atoms with van der Waals surface area (Å²) in [6, 6.07) is 15.7. The van der Waals surface area contributed by atoms with Crippen LogP contribution in [-0.2, 0) is 4.79 Å². The van der Waals surface area contributed by atoms with E-state index in [1.165, 1.54) is 0 Å². The predicted octanol–water partition coefficient (Wildman–Crippen LogP) is 3.78. The van der Waals surface area contributed by atoms with E-state index in [-0.39, 0.29) is 11.5 Å². The molecule has 6 nitrogen and oxygen atoms in total. The van der Waals surface area contributed by atoms with Crippen LogP contribution in [-0.4, -0.2) is 44.1 Å². The van der Waals surface area contributed by atoms with Gasteiger partial charge in [0.1, 0.15) is 17.4 Å². The summed E-state index contributed by atoms with van der Waals surface area (Å²) in [5.41, 5.74) is 2.85. The lowest BCUT2D eigenvalue weighted by Crippen LogP contribution is -2.44. The number of nitrogens with one attached hydrogen (secondary N) is 1. The van der Waals surface area contributed by atoms with Gasteiger partial charge in [0, 0.05) is 41.6 Å². The molecule has 1 aliphatic rings. The number of halogens is 1. The maximum Gasteiger partial charge on any atom is 0.267 e. The Morgan fingerprint density at radius 2 is 1.93 bits per heavy atom. The van der Waals surface area contributed by atoms with E-state index in [0.29, 0.717) is 0 Å². The molecule has 0 atom stereocenters. The minimum absolute atomic E-state index is 0.105. The molecule has 1 saturated heterocycles. The van der Waals surface area contributed by atoms with Crippen LogP contribution >= 0.6 is 22.6 Å². The van der Waals surface area contributed by atoms with Crippen LogP contribution in [0.3, 0.4) is 0 Å². The number of carbonyl (C=O) groups is 1. The van der Waals surface area contributed by atoms with E-state index in [4.69, 9.17) is 4.74 Å². The number of ether oxygens (including phenoxy) is 1. The van der Waals surface area contributed by atoms with Crippen LogP contribution in [0.4, 0.5) is 11.4 Å². The highest BCUT2D eigenvalue weighted by Crippen LogP contribution is 2.28. The standard InChI is InChI=1S/C22H23IN4O2/c1-16-13-18(23)7-8-19(16)25-22(28)17(14-24)15-26-9-11-27(12-10-26)20-5-3-4-6-21(20)29-2/h3-8,13,15H,9-12H2,1-2H3,(H,25,28)/b17-15-. The van der Waals surface area contributed by atoms with Crippen molar-refractivity contribution in [3.05, 3.63) is 63.4 Å². The van der Waals surface area contributed by atoms with Crippen molar-refractivity contribution in [2.24, 2.45) is 0 Å². The molecular formula is C22H23IN4O2. The summed E-state index contributed by atoms with van der Waals surface area (Å²) in [4.78, 5) is 16.8. The third-order valence-corrected chi connectivity index (χ3v) is 5.52. The second-order valence-electron chi connectivity index (χ2n) is 6.76. The number of anilines is 2. The molecule has 2 aromatic rings. The third kappa shape index (κ3) is 5.21. The highest BCUT2D eigenvalue weighted by molar-refractivity contribution is 14.1. The van der Waals surface area contributed by atoms with Crippen molar-refractivity contribution >= 4 is 39.9 Å². The maximum atomic E-state index is 12.6. The van der Waals surface area contributed by atoms with Gasteiger partial charge in [-0.3, -0.25) is 4.79 Å². The smallest absolute Gasteiger partial charge is 0.267 e. The van der Waals surface area contributed by atoms with E-state index in [9.17, 15) is 10.1 Å². The van der Waals surface area contributed by atoms with Gasteiger partial charge in [-0.25, -0.2) is 0 Å². The van der Waals surface area contributed by atoms with Gasteiger partial charge in [-0.2, -0.15) is 5.26 Å². The summed E-state index contributed by atoms with van der Waals surface area (Å²) < 4.78 is 6.55. The summed E-state index contributed by atoms with van der Waals surface area (Å²) in [6.07, 6.45) is 1.66. The Hall–Kier alpha value is -2.73. The molecule has 3 rings (SSSR count). The highest BCUT2D eigenvalue weighted by atomic mass is 127. The fraction of sp³-hybridized carbons (Fsp3) is 0.273. The molecule has 0 aliphatic carbocycles. The molecule has 0 spiro atoms. The van der Waals surface area contributed by atoms with Gasteiger partial charge in [-0.15, -0.1) is 0 Å². The molecule has 0 bridgehead atoms. The van der Waals surface area contributed by atoms with E-state index in [1.54, 1.807) is 13.3 Å². The average Bonchev–Trinajstić information content (AvgIpc) is 2.74. The number of amides is 1. The molecule has 1 aliphatic heterocycles. The summed E-state index contributed by atoms with van der Waals surface area (Å²) >= 11 is 2.23. The van der Waals surface area contributed by atoms with E-state index in [0.717, 1.165) is 52.4 Å². The fourth-order valence-corrected chi connectivity index (χ4v) is 3.91. The maximum absolute atomic E-state index is 12.6. The molecule has 1 N–H and O–H groups in total. The zero-order chi connectivity index (χ0) is 20.8. The van der Waals surface area contributed by atoms with Crippen molar-refractivity contribution in [2.75, 3.05) is 43.5 Å². The van der Waals surface area contributed by atoms with Crippen LogP contribution in [0.25, 0.3) is 0 Å². The number of para-hydroxylation sites is 2. The summed E-state index contributed by atoms with van der Waals surface area (Å²) in [6.45, 7) is 4.95. The van der Waals surface area contributed by atoms with E-state index >= 15 is 0 Å². The lowest BCUT2D eigenvalue weighted by atomic mass is 10.2. The Labute approximate surface area is 184 Å². The molecule has 1 fully saturated rings. The van der Waals surface area contributed by atoms with Crippen molar-refractivity contribution in [3.8, 4) is 11.8 Å². The van der Waals surface area contributed by atoms with Crippen molar-refractivity contribution in [2.45, 2.75) is 6.92 Å². The number of hydrogen-bond donors (Lipinski definition) is 1. The van der Waals surface area contributed by atoms with Crippen molar-refractivity contribution in [3.63, 3.8) is 0 Å². The fourth-order valence-electron chi connectivity index (χ4n) is 3.26. The number of rotatable bonds is 5. The molecule has 150 valence electrons. The van der Waals surface area contributed by atoms with Gasteiger partial charge in [-0.1, -0.05) is 12.1 Å². The van der Waals surface area contributed by atoms with Crippen LogP contribution in [0.15, 0.2) is 54.2 Å². The number of carbonyl (C=O) groups excluding carboxylic acids is 1. The average molecular weight is 502 g/mol. The second-order valence-corrected chi connectivity index (χ2v) is 8.01. The molecule has 1 amide bonds. The second kappa shape index (κ2) is 9.65. The third-order valence-electron chi connectivity index (χ3n) is 4.85. The molecule has 2 aromatic carbocycles. The van der Waals surface area contributed by atoms with Gasteiger partial charge >= 0.3 is 0 Å². The van der Waals surface area contributed by atoms with Crippen LogP contribution < -0.4 is 15.0 Å². The lowest BCUT2D eigenvalue weighted by Gasteiger charge is -2.36. The Kier molecular flexibility index (Phi) is 6.99. The zero-order valence-corrected chi connectivity index (χ0v) is 18.6. The molecule has 0 aromatic heterocycles. The lowest BCUT2D eigenvalue weighted by molar-refractivity contribution is -0.112. The number of hydrogen-bond acceptors (Lipinski definition) is 5. The van der Waals surface area contributed by atoms with E-state index in [2.05, 4.69) is 32.8 Å². The van der Waals surface area contributed by atoms with E-state index < -0.39 is 0 Å². The van der Waals surface area contributed by atoms with Crippen LogP contribution in [0.5, 0.6) is 5.75 Å². The van der Waals surface area contributed by atoms with Gasteiger partial charge in [-0.05, 0) is 65.4 Å². The first-order chi connectivity index (χ1) is 14.0. The molecule has 7 heteroatoms.